The van der Waals surface area contributed by atoms with Gasteiger partial charge in [0, 0.05) is 0 Å². The maximum absolute atomic E-state index is 8.46. The van der Waals surface area contributed by atoms with E-state index in [1.54, 1.807) is 0 Å². The lowest BCUT2D eigenvalue weighted by Crippen LogP contribution is -1.88. The summed E-state index contributed by atoms with van der Waals surface area (Å²) in [4.78, 5) is 1.77. The lowest BCUT2D eigenvalue weighted by Gasteiger charge is -2.07. The molecule has 0 saturated heterocycles. The summed E-state index contributed by atoms with van der Waals surface area (Å²) >= 11 is 1.46. The summed E-state index contributed by atoms with van der Waals surface area (Å²) in [5.41, 5.74) is 0. The first-order valence-electron chi connectivity index (χ1n) is 3.54. The van der Waals surface area contributed by atoms with E-state index < -0.39 is 0 Å². The molecule has 11 heavy (non-hydrogen) atoms. The van der Waals surface area contributed by atoms with E-state index in [-0.39, 0.29) is 0 Å². The quantitative estimate of drug-likeness (QED) is 0.602. The molecule has 0 atom stereocenters. The number of nitrogens with zero attached hydrogens (tertiary/aromatic N) is 1. The average Bonchev–Trinajstić information content (AvgIpc) is 1.99. The van der Waals surface area contributed by atoms with Gasteiger partial charge in [-0.15, -0.1) is 0 Å². The van der Waals surface area contributed by atoms with Crippen molar-refractivity contribution in [3.8, 4) is 6.07 Å². The molecule has 60 valence electrons. The van der Waals surface area contributed by atoms with Gasteiger partial charge in [0.05, 0.1) is 4.91 Å². The zero-order chi connectivity index (χ0) is 8.85. The van der Waals surface area contributed by atoms with Crippen LogP contribution in [0, 0.1) is 17.2 Å². The van der Waals surface area contributed by atoms with E-state index in [1.807, 2.05) is 19.1 Å². The Morgan fingerprint density at radius 2 is 2.18 bits per heavy atom. The van der Waals surface area contributed by atoms with Gasteiger partial charge in [-0.2, -0.15) is 5.26 Å². The molecule has 0 aromatic rings. The van der Waals surface area contributed by atoms with Crippen LogP contribution in [0.1, 0.15) is 20.8 Å². The summed E-state index contributed by atoms with van der Waals surface area (Å²) in [6.07, 6.45) is 2.03. The van der Waals surface area contributed by atoms with Gasteiger partial charge >= 0.3 is 0 Å². The van der Waals surface area contributed by atoms with Crippen LogP contribution in [-0.4, -0.2) is 0 Å². The highest BCUT2D eigenvalue weighted by molar-refractivity contribution is 8.07. The van der Waals surface area contributed by atoms with Gasteiger partial charge in [-0.3, -0.25) is 0 Å². The fraction of sp³-hybridized carbons (Fsp3) is 0.444. The average molecular weight is 167 g/mol. The molecule has 0 rings (SSSR count). The third-order valence-corrected chi connectivity index (χ3v) is 2.50. The van der Waals surface area contributed by atoms with Gasteiger partial charge < -0.3 is 0 Å². The predicted octanol–water partition coefficient (Wildman–Crippen LogP) is 3.32. The van der Waals surface area contributed by atoms with Crippen LogP contribution in [0.5, 0.6) is 0 Å². The van der Waals surface area contributed by atoms with Crippen molar-refractivity contribution in [1.29, 1.82) is 5.26 Å². The van der Waals surface area contributed by atoms with Crippen LogP contribution >= 0.6 is 11.8 Å². The highest BCUT2D eigenvalue weighted by Crippen LogP contribution is 2.28. The Kier molecular flexibility index (Phi) is 4.72. The second-order valence-electron chi connectivity index (χ2n) is 2.48. The molecule has 0 aliphatic heterocycles. The fourth-order valence-corrected chi connectivity index (χ4v) is 1.36. The van der Waals surface area contributed by atoms with Crippen LogP contribution in [0.15, 0.2) is 22.5 Å². The maximum Gasteiger partial charge on any atom is 0.106 e. The molecule has 0 aliphatic rings. The second kappa shape index (κ2) is 5.03. The van der Waals surface area contributed by atoms with Crippen molar-refractivity contribution in [1.82, 2.24) is 0 Å². The van der Waals surface area contributed by atoms with Crippen molar-refractivity contribution in [2.45, 2.75) is 20.8 Å². The third kappa shape index (κ3) is 3.90. The summed E-state index contributed by atoms with van der Waals surface area (Å²) < 4.78 is 0. The van der Waals surface area contributed by atoms with Crippen LogP contribution in [0.25, 0.3) is 0 Å². The predicted molar refractivity (Wildman–Crippen MR) is 50.9 cm³/mol. The van der Waals surface area contributed by atoms with Crippen molar-refractivity contribution in [3.05, 3.63) is 22.5 Å². The Labute approximate surface area is 72.8 Å². The molecule has 0 bridgehead atoms. The largest absolute Gasteiger partial charge is 0.192 e. The Morgan fingerprint density at radius 3 is 2.45 bits per heavy atom. The van der Waals surface area contributed by atoms with Gasteiger partial charge in [0.1, 0.15) is 6.07 Å². The zero-order valence-corrected chi connectivity index (χ0v) is 8.03. The van der Waals surface area contributed by atoms with Crippen molar-refractivity contribution in [2.24, 2.45) is 5.92 Å². The molecular weight excluding hydrogens is 154 g/mol. The number of thioether (sulfide) groups is 1. The summed E-state index contributed by atoms with van der Waals surface area (Å²) in [6, 6.07) is 2.01. The van der Waals surface area contributed by atoms with E-state index in [2.05, 4.69) is 20.4 Å². The van der Waals surface area contributed by atoms with Gasteiger partial charge in [-0.1, -0.05) is 38.3 Å². The van der Waals surface area contributed by atoms with Gasteiger partial charge in [0.2, 0.25) is 0 Å². The van der Waals surface area contributed by atoms with E-state index in [1.165, 1.54) is 16.7 Å². The first-order valence-corrected chi connectivity index (χ1v) is 4.36. The topological polar surface area (TPSA) is 23.8 Å². The number of hydrogen-bond acceptors (Lipinski definition) is 2. The van der Waals surface area contributed by atoms with E-state index in [4.69, 9.17) is 5.26 Å². The molecule has 2 heteroatoms. The van der Waals surface area contributed by atoms with Crippen LogP contribution in [-0.2, 0) is 0 Å². The second-order valence-corrected chi connectivity index (χ2v) is 3.65. The monoisotopic (exact) mass is 167 g/mol. The third-order valence-electron chi connectivity index (χ3n) is 1.22. The van der Waals surface area contributed by atoms with Gasteiger partial charge in [0.15, 0.2) is 0 Å². The molecule has 0 saturated carbocycles. The van der Waals surface area contributed by atoms with Crippen molar-refractivity contribution < 1.29 is 0 Å². The standard InChI is InChI=1S/C9H13NS/c1-5-9(7(2)3)11-8(4)6-10/h5,7H,4H2,1-3H3/b9-5-. The number of rotatable bonds is 3. The molecule has 0 aliphatic carbocycles. The minimum Gasteiger partial charge on any atom is -0.192 e. The lowest BCUT2D eigenvalue weighted by atomic mass is 10.2. The Bertz CT molecular complexity index is 208. The first kappa shape index (κ1) is 10.3. The zero-order valence-electron chi connectivity index (χ0n) is 7.22. The molecule has 0 N–H and O–H groups in total. The van der Waals surface area contributed by atoms with Gasteiger partial charge in [0.25, 0.3) is 0 Å². The summed E-state index contributed by atoms with van der Waals surface area (Å²) in [5.74, 6) is 0.482. The van der Waals surface area contributed by atoms with Crippen molar-refractivity contribution >= 4 is 11.8 Å². The highest BCUT2D eigenvalue weighted by Gasteiger charge is 2.03. The van der Waals surface area contributed by atoms with Crippen LogP contribution in [0.4, 0.5) is 0 Å². The fourth-order valence-electron chi connectivity index (χ4n) is 0.675. The molecule has 0 radical (unpaired) electrons. The minimum atomic E-state index is 0.482. The lowest BCUT2D eigenvalue weighted by molar-refractivity contribution is 0.815. The highest BCUT2D eigenvalue weighted by atomic mass is 32.2. The normalized spacial score (nSPS) is 11.4. The molecule has 0 amide bonds. The number of allylic oxidation sites excluding steroid dienone is 3. The van der Waals surface area contributed by atoms with Crippen LogP contribution in [0.2, 0.25) is 0 Å². The molecule has 0 aromatic heterocycles. The van der Waals surface area contributed by atoms with E-state index in [9.17, 15) is 0 Å². The summed E-state index contributed by atoms with van der Waals surface area (Å²) in [5, 5.41) is 8.46. The Balaban J connectivity index is 4.14. The van der Waals surface area contributed by atoms with E-state index in [0.29, 0.717) is 10.8 Å². The smallest absolute Gasteiger partial charge is 0.106 e. The minimum absolute atomic E-state index is 0.482. The van der Waals surface area contributed by atoms with E-state index in [0.717, 1.165) is 0 Å². The van der Waals surface area contributed by atoms with Crippen molar-refractivity contribution in [3.63, 3.8) is 0 Å². The molecule has 0 aromatic carbocycles. The molecule has 0 heterocycles. The molecule has 0 fully saturated rings. The molecule has 1 nitrogen and oxygen atoms in total. The number of nitriles is 1. The van der Waals surface area contributed by atoms with Crippen molar-refractivity contribution in [2.75, 3.05) is 0 Å². The maximum atomic E-state index is 8.46. The summed E-state index contributed by atoms with van der Waals surface area (Å²) in [7, 11) is 0. The first-order chi connectivity index (χ1) is 5.11. The van der Waals surface area contributed by atoms with Crippen LogP contribution in [0.3, 0.4) is 0 Å². The van der Waals surface area contributed by atoms with E-state index >= 15 is 0 Å². The Hall–Kier alpha value is -0.680. The van der Waals surface area contributed by atoms with Gasteiger partial charge in [-0.25, -0.2) is 0 Å². The van der Waals surface area contributed by atoms with Crippen LogP contribution < -0.4 is 0 Å². The van der Waals surface area contributed by atoms with Gasteiger partial charge in [-0.05, 0) is 17.7 Å². The molecule has 0 unspecified atom stereocenters. The summed E-state index contributed by atoms with van der Waals surface area (Å²) in [6.45, 7) is 9.79. The Morgan fingerprint density at radius 1 is 1.64 bits per heavy atom. The molecule has 0 spiro atoms. The SMILES string of the molecule is C=C(C#N)S/C(=C\C)C(C)C. The number of hydrogen-bond donors (Lipinski definition) is 0. The molecular formula is C9H13NS.